The Morgan fingerprint density at radius 1 is 1.44 bits per heavy atom. The van der Waals surface area contributed by atoms with Gasteiger partial charge in [-0.05, 0) is 37.5 Å². The molecular formula is C14H17FN2S. The maximum atomic E-state index is 12.7. The monoisotopic (exact) mass is 264 g/mol. The predicted octanol–water partition coefficient (Wildman–Crippen LogP) is 3.71. The number of hydrogen-bond donors (Lipinski definition) is 0. The van der Waals surface area contributed by atoms with Gasteiger partial charge in [0.25, 0.3) is 0 Å². The molecule has 3 rings (SSSR count). The van der Waals surface area contributed by atoms with E-state index in [1.165, 1.54) is 15.8 Å². The van der Waals surface area contributed by atoms with Crippen LogP contribution in [0.1, 0.15) is 17.5 Å². The van der Waals surface area contributed by atoms with Crippen LogP contribution in [-0.2, 0) is 0 Å². The molecule has 1 aromatic heterocycles. The molecule has 1 fully saturated rings. The van der Waals surface area contributed by atoms with Gasteiger partial charge in [-0.3, -0.25) is 4.39 Å². The summed E-state index contributed by atoms with van der Waals surface area (Å²) in [7, 11) is 0. The first-order chi connectivity index (χ1) is 8.67. The number of fused-ring (bicyclic) bond motifs is 1. The quantitative estimate of drug-likeness (QED) is 0.822. The van der Waals surface area contributed by atoms with Crippen molar-refractivity contribution in [1.29, 1.82) is 0 Å². The van der Waals surface area contributed by atoms with Gasteiger partial charge >= 0.3 is 0 Å². The van der Waals surface area contributed by atoms with Gasteiger partial charge in [0.2, 0.25) is 0 Å². The first-order valence-corrected chi connectivity index (χ1v) is 7.17. The van der Waals surface area contributed by atoms with Crippen molar-refractivity contribution < 1.29 is 4.39 Å². The van der Waals surface area contributed by atoms with Gasteiger partial charge < -0.3 is 4.90 Å². The minimum atomic E-state index is -0.209. The number of thiazole rings is 1. The molecule has 1 aliphatic heterocycles. The van der Waals surface area contributed by atoms with Crippen molar-refractivity contribution in [2.45, 2.75) is 20.3 Å². The van der Waals surface area contributed by atoms with Gasteiger partial charge in [-0.2, -0.15) is 0 Å². The topological polar surface area (TPSA) is 16.1 Å². The Morgan fingerprint density at radius 2 is 2.28 bits per heavy atom. The van der Waals surface area contributed by atoms with Crippen LogP contribution in [0, 0.1) is 19.8 Å². The number of aromatic nitrogens is 1. The molecule has 2 nitrogen and oxygen atoms in total. The fourth-order valence-electron chi connectivity index (χ4n) is 2.63. The van der Waals surface area contributed by atoms with Gasteiger partial charge in [0.05, 0.1) is 16.9 Å². The smallest absolute Gasteiger partial charge is 0.186 e. The van der Waals surface area contributed by atoms with Crippen molar-refractivity contribution in [3.05, 3.63) is 23.3 Å². The molecule has 1 saturated heterocycles. The molecular weight excluding hydrogens is 247 g/mol. The van der Waals surface area contributed by atoms with Gasteiger partial charge in [-0.1, -0.05) is 17.4 Å². The number of alkyl halides is 1. The highest BCUT2D eigenvalue weighted by Gasteiger charge is 2.24. The summed E-state index contributed by atoms with van der Waals surface area (Å²) in [5.74, 6) is 0.194. The average Bonchev–Trinajstić information content (AvgIpc) is 2.93. The molecule has 0 bridgehead atoms. The Balaban J connectivity index is 1.96. The van der Waals surface area contributed by atoms with E-state index in [0.717, 1.165) is 30.2 Å². The average molecular weight is 264 g/mol. The van der Waals surface area contributed by atoms with E-state index in [0.29, 0.717) is 0 Å². The van der Waals surface area contributed by atoms with E-state index in [1.54, 1.807) is 11.3 Å². The fraction of sp³-hybridized carbons (Fsp3) is 0.500. The van der Waals surface area contributed by atoms with E-state index in [9.17, 15) is 4.39 Å². The van der Waals surface area contributed by atoms with Crippen molar-refractivity contribution in [2.75, 3.05) is 24.7 Å². The third kappa shape index (κ3) is 1.99. The third-order valence-corrected chi connectivity index (χ3v) is 4.66. The van der Waals surface area contributed by atoms with Crippen molar-refractivity contribution in [3.8, 4) is 0 Å². The number of benzene rings is 1. The van der Waals surface area contributed by atoms with Crippen LogP contribution < -0.4 is 4.90 Å². The molecule has 1 atom stereocenters. The second-order valence-corrected chi connectivity index (χ2v) is 6.19. The highest BCUT2D eigenvalue weighted by Crippen LogP contribution is 2.34. The van der Waals surface area contributed by atoms with Crippen molar-refractivity contribution >= 4 is 26.7 Å². The lowest BCUT2D eigenvalue weighted by Gasteiger charge is -2.13. The number of nitrogens with zero attached hydrogens (tertiary/aromatic N) is 2. The Hall–Kier alpha value is -1.16. The number of hydrogen-bond acceptors (Lipinski definition) is 3. The molecule has 1 aliphatic rings. The maximum absolute atomic E-state index is 12.7. The van der Waals surface area contributed by atoms with Gasteiger partial charge in [0.15, 0.2) is 5.13 Å². The first kappa shape index (κ1) is 11.9. The first-order valence-electron chi connectivity index (χ1n) is 6.36. The van der Waals surface area contributed by atoms with E-state index in [1.807, 2.05) is 0 Å². The van der Waals surface area contributed by atoms with Gasteiger partial charge in [-0.15, -0.1) is 0 Å². The highest BCUT2D eigenvalue weighted by molar-refractivity contribution is 7.22. The highest BCUT2D eigenvalue weighted by atomic mass is 32.1. The summed E-state index contributed by atoms with van der Waals surface area (Å²) in [6, 6.07) is 4.35. The van der Waals surface area contributed by atoms with Crippen molar-refractivity contribution in [2.24, 2.45) is 5.92 Å². The molecule has 0 saturated carbocycles. The zero-order chi connectivity index (χ0) is 12.7. The molecule has 4 heteroatoms. The lowest BCUT2D eigenvalue weighted by molar-refractivity contribution is 0.385. The number of rotatable bonds is 2. The van der Waals surface area contributed by atoms with Crippen LogP contribution in [0.2, 0.25) is 0 Å². The zero-order valence-electron chi connectivity index (χ0n) is 10.7. The predicted molar refractivity (Wildman–Crippen MR) is 75.4 cm³/mol. The molecule has 0 radical (unpaired) electrons. The van der Waals surface area contributed by atoms with Crippen LogP contribution in [0.3, 0.4) is 0 Å². The molecule has 96 valence electrons. The van der Waals surface area contributed by atoms with Crippen LogP contribution in [-0.4, -0.2) is 24.7 Å². The van der Waals surface area contributed by atoms with Gasteiger partial charge in [0.1, 0.15) is 0 Å². The Bertz CT molecular complexity index is 578. The Labute approximate surface area is 110 Å². The molecule has 0 N–H and O–H groups in total. The summed E-state index contributed by atoms with van der Waals surface area (Å²) in [6.07, 6.45) is 0.949. The van der Waals surface area contributed by atoms with Crippen LogP contribution in [0.5, 0.6) is 0 Å². The number of halogens is 1. The summed E-state index contributed by atoms with van der Waals surface area (Å²) in [6.45, 7) is 5.76. The molecule has 0 amide bonds. The normalized spacial score (nSPS) is 19.9. The lowest BCUT2D eigenvalue weighted by atomic mass is 10.1. The van der Waals surface area contributed by atoms with Crippen LogP contribution in [0.25, 0.3) is 10.2 Å². The summed E-state index contributed by atoms with van der Waals surface area (Å²) >= 11 is 1.73. The Morgan fingerprint density at radius 3 is 3.00 bits per heavy atom. The second-order valence-electron chi connectivity index (χ2n) is 5.18. The van der Waals surface area contributed by atoms with Crippen molar-refractivity contribution in [3.63, 3.8) is 0 Å². The molecule has 18 heavy (non-hydrogen) atoms. The van der Waals surface area contributed by atoms with Crippen LogP contribution in [0.15, 0.2) is 12.1 Å². The molecule has 1 aromatic carbocycles. The molecule has 2 aromatic rings. The largest absolute Gasteiger partial charge is 0.348 e. The summed E-state index contributed by atoms with van der Waals surface area (Å²) in [4.78, 5) is 6.95. The summed E-state index contributed by atoms with van der Waals surface area (Å²) in [5.41, 5.74) is 3.61. The van der Waals surface area contributed by atoms with E-state index in [-0.39, 0.29) is 12.6 Å². The third-order valence-electron chi connectivity index (χ3n) is 3.59. The molecule has 2 heterocycles. The summed E-state index contributed by atoms with van der Waals surface area (Å²) in [5, 5.41) is 1.05. The summed E-state index contributed by atoms with van der Waals surface area (Å²) < 4.78 is 13.9. The SMILES string of the molecule is Cc1cc(C)c2nc(N3CCC(CF)C3)sc2c1. The molecule has 0 spiro atoms. The van der Waals surface area contributed by atoms with E-state index >= 15 is 0 Å². The van der Waals surface area contributed by atoms with Gasteiger partial charge in [-0.25, -0.2) is 4.98 Å². The molecule has 0 aliphatic carbocycles. The van der Waals surface area contributed by atoms with Gasteiger partial charge in [0, 0.05) is 19.0 Å². The van der Waals surface area contributed by atoms with Crippen molar-refractivity contribution in [1.82, 2.24) is 4.98 Å². The van der Waals surface area contributed by atoms with Crippen LogP contribution in [0.4, 0.5) is 9.52 Å². The fourth-order valence-corrected chi connectivity index (χ4v) is 3.80. The van der Waals surface area contributed by atoms with E-state index in [4.69, 9.17) is 4.98 Å². The molecule has 1 unspecified atom stereocenters. The number of aryl methyl sites for hydroxylation is 2. The standard InChI is InChI=1S/C14H17FN2S/c1-9-5-10(2)13-12(6-9)18-14(16-13)17-4-3-11(7-15)8-17/h5-6,11H,3-4,7-8H2,1-2H3. The van der Waals surface area contributed by atoms with E-state index < -0.39 is 0 Å². The second kappa shape index (κ2) is 4.50. The number of anilines is 1. The minimum Gasteiger partial charge on any atom is -0.348 e. The maximum Gasteiger partial charge on any atom is 0.186 e. The van der Waals surface area contributed by atoms with Crippen LogP contribution >= 0.6 is 11.3 Å². The Kier molecular flexibility index (Phi) is 2.98. The van der Waals surface area contributed by atoms with E-state index in [2.05, 4.69) is 30.9 Å². The zero-order valence-corrected chi connectivity index (χ0v) is 11.6. The minimum absolute atomic E-state index is 0.194. The lowest BCUT2D eigenvalue weighted by Crippen LogP contribution is -2.19.